The first-order valence-electron chi connectivity index (χ1n) is 11.4. The van der Waals surface area contributed by atoms with Crippen LogP contribution in [0.3, 0.4) is 0 Å². The summed E-state index contributed by atoms with van der Waals surface area (Å²) in [4.78, 5) is 26.1. The fraction of sp³-hybridized carbons (Fsp3) is 0.320. The summed E-state index contributed by atoms with van der Waals surface area (Å²) < 4.78 is 24.7. The summed E-state index contributed by atoms with van der Waals surface area (Å²) in [6.07, 6.45) is 3.35. The fourth-order valence-corrected chi connectivity index (χ4v) is 4.73. The number of aromatic nitrogens is 2. The molecule has 2 aromatic carbocycles. The molecule has 0 saturated heterocycles. The molecule has 0 spiro atoms. The van der Waals surface area contributed by atoms with Gasteiger partial charge < -0.3 is 20.4 Å². The number of carbonyl (C=O) groups excluding carboxylic acids is 1. The van der Waals surface area contributed by atoms with Crippen LogP contribution in [0.2, 0.25) is 0 Å². The second kappa shape index (κ2) is 12.2. The third kappa shape index (κ3) is 7.19. The Labute approximate surface area is 217 Å². The third-order valence-electron chi connectivity index (χ3n) is 5.47. The van der Waals surface area contributed by atoms with E-state index in [1.54, 1.807) is 55.3 Å². The number of anilines is 4. The Morgan fingerprint density at radius 1 is 0.944 bits per heavy atom. The summed E-state index contributed by atoms with van der Waals surface area (Å²) in [5, 5.41) is 6.43. The van der Waals surface area contributed by atoms with E-state index < -0.39 is 9.84 Å². The lowest BCUT2D eigenvalue weighted by Crippen LogP contribution is -2.33. The summed E-state index contributed by atoms with van der Waals surface area (Å²) in [6.45, 7) is 3.07. The molecule has 0 saturated carbocycles. The Balaban J connectivity index is 1.73. The van der Waals surface area contributed by atoms with Gasteiger partial charge in [0.2, 0.25) is 0 Å². The van der Waals surface area contributed by atoms with Gasteiger partial charge in [-0.3, -0.25) is 4.79 Å². The SMILES string of the molecule is CCS(=O)(=O)c1ccc(SC)c(Nc2cc(Nc3ccc(C(=O)N(C)CCN(C)C)cc3)ncn2)c1. The zero-order valence-electron chi connectivity index (χ0n) is 21.1. The third-order valence-corrected chi connectivity index (χ3v) is 8.00. The summed E-state index contributed by atoms with van der Waals surface area (Å²) >= 11 is 1.51. The van der Waals surface area contributed by atoms with E-state index in [1.807, 2.05) is 37.4 Å². The molecule has 3 rings (SSSR count). The van der Waals surface area contributed by atoms with Crippen molar-refractivity contribution in [2.45, 2.75) is 16.7 Å². The van der Waals surface area contributed by atoms with Gasteiger partial charge in [-0.05, 0) is 62.8 Å². The molecule has 3 aromatic rings. The van der Waals surface area contributed by atoms with Crippen LogP contribution < -0.4 is 10.6 Å². The normalized spacial score (nSPS) is 11.4. The predicted octanol–water partition coefficient (Wildman–Crippen LogP) is 4.11. The van der Waals surface area contributed by atoms with E-state index in [-0.39, 0.29) is 16.6 Å². The first kappa shape index (κ1) is 27.4. The number of hydrogen-bond acceptors (Lipinski definition) is 9. The van der Waals surface area contributed by atoms with Crippen molar-refractivity contribution in [3.8, 4) is 0 Å². The van der Waals surface area contributed by atoms with Crippen LogP contribution >= 0.6 is 11.8 Å². The number of thioether (sulfide) groups is 1. The second-order valence-electron chi connectivity index (χ2n) is 8.41. The highest BCUT2D eigenvalue weighted by molar-refractivity contribution is 7.98. The largest absolute Gasteiger partial charge is 0.340 e. The van der Waals surface area contributed by atoms with Crippen molar-refractivity contribution in [2.24, 2.45) is 0 Å². The van der Waals surface area contributed by atoms with Crippen molar-refractivity contribution in [3.05, 3.63) is 60.4 Å². The molecule has 0 aliphatic rings. The molecule has 0 aliphatic heterocycles. The number of carbonyl (C=O) groups is 1. The highest BCUT2D eigenvalue weighted by Crippen LogP contribution is 2.31. The lowest BCUT2D eigenvalue weighted by Gasteiger charge is -2.19. The van der Waals surface area contributed by atoms with Crippen molar-refractivity contribution in [2.75, 3.05) is 56.9 Å². The summed E-state index contributed by atoms with van der Waals surface area (Å²) in [5.74, 6) is 1.07. The first-order chi connectivity index (χ1) is 17.1. The van der Waals surface area contributed by atoms with Crippen molar-refractivity contribution < 1.29 is 13.2 Å². The van der Waals surface area contributed by atoms with Crippen LogP contribution in [0, 0.1) is 0 Å². The molecular formula is C25H32N6O3S2. The average Bonchev–Trinajstić information content (AvgIpc) is 2.87. The van der Waals surface area contributed by atoms with Gasteiger partial charge in [0.25, 0.3) is 5.91 Å². The lowest BCUT2D eigenvalue weighted by atomic mass is 10.2. The van der Waals surface area contributed by atoms with Gasteiger partial charge in [-0.25, -0.2) is 18.4 Å². The Morgan fingerprint density at radius 3 is 2.22 bits per heavy atom. The van der Waals surface area contributed by atoms with E-state index in [2.05, 4.69) is 20.6 Å². The molecule has 0 atom stereocenters. The molecule has 192 valence electrons. The van der Waals surface area contributed by atoms with E-state index in [0.29, 0.717) is 29.4 Å². The van der Waals surface area contributed by atoms with E-state index in [9.17, 15) is 13.2 Å². The molecule has 0 unspecified atom stereocenters. The van der Waals surface area contributed by atoms with Crippen molar-refractivity contribution in [1.29, 1.82) is 0 Å². The van der Waals surface area contributed by atoms with Gasteiger partial charge in [0.1, 0.15) is 18.0 Å². The highest BCUT2D eigenvalue weighted by atomic mass is 32.2. The minimum absolute atomic E-state index is 0.0311. The Bertz CT molecular complexity index is 1300. The number of hydrogen-bond donors (Lipinski definition) is 2. The van der Waals surface area contributed by atoms with Crippen LogP contribution in [-0.2, 0) is 9.84 Å². The molecule has 1 amide bonds. The number of benzene rings is 2. The van der Waals surface area contributed by atoms with Crippen molar-refractivity contribution >= 4 is 50.5 Å². The number of nitrogens with one attached hydrogen (secondary N) is 2. The van der Waals surface area contributed by atoms with Crippen LogP contribution in [-0.4, -0.2) is 80.3 Å². The van der Waals surface area contributed by atoms with Gasteiger partial charge in [0.05, 0.1) is 16.3 Å². The van der Waals surface area contributed by atoms with E-state index in [0.717, 1.165) is 17.1 Å². The molecular weight excluding hydrogens is 496 g/mol. The molecule has 0 bridgehead atoms. The number of likely N-dealkylation sites (N-methyl/N-ethyl adjacent to an activating group) is 2. The van der Waals surface area contributed by atoms with Crippen LogP contribution in [0.1, 0.15) is 17.3 Å². The molecule has 1 heterocycles. The van der Waals surface area contributed by atoms with Crippen LogP contribution in [0.5, 0.6) is 0 Å². The molecule has 11 heteroatoms. The molecule has 9 nitrogen and oxygen atoms in total. The van der Waals surface area contributed by atoms with Gasteiger partial charge in [-0.15, -0.1) is 11.8 Å². The Hall–Kier alpha value is -3.15. The summed E-state index contributed by atoms with van der Waals surface area (Å²) in [6, 6.07) is 14.0. The van der Waals surface area contributed by atoms with Crippen LogP contribution in [0.25, 0.3) is 0 Å². The highest BCUT2D eigenvalue weighted by Gasteiger charge is 2.15. The monoisotopic (exact) mass is 528 g/mol. The number of sulfone groups is 1. The number of amides is 1. The molecule has 2 N–H and O–H groups in total. The Kier molecular flexibility index (Phi) is 9.30. The smallest absolute Gasteiger partial charge is 0.253 e. The lowest BCUT2D eigenvalue weighted by molar-refractivity contribution is 0.0786. The zero-order valence-corrected chi connectivity index (χ0v) is 22.8. The van der Waals surface area contributed by atoms with Crippen LogP contribution in [0.4, 0.5) is 23.0 Å². The summed E-state index contributed by atoms with van der Waals surface area (Å²) in [5.41, 5.74) is 2.04. The van der Waals surface area contributed by atoms with Gasteiger partial charge in [0.15, 0.2) is 9.84 Å². The second-order valence-corrected chi connectivity index (χ2v) is 11.5. The molecule has 0 radical (unpaired) electrons. The predicted molar refractivity (Wildman–Crippen MR) is 147 cm³/mol. The minimum Gasteiger partial charge on any atom is -0.340 e. The number of nitrogens with zero attached hydrogens (tertiary/aromatic N) is 4. The quantitative estimate of drug-likeness (QED) is 0.356. The summed E-state index contributed by atoms with van der Waals surface area (Å²) in [7, 11) is 2.41. The van der Waals surface area contributed by atoms with Gasteiger partial charge in [0, 0.05) is 42.3 Å². The molecule has 36 heavy (non-hydrogen) atoms. The molecule has 0 aliphatic carbocycles. The zero-order chi connectivity index (χ0) is 26.3. The maximum absolute atomic E-state index is 12.6. The fourth-order valence-electron chi connectivity index (χ4n) is 3.29. The van der Waals surface area contributed by atoms with Crippen molar-refractivity contribution in [1.82, 2.24) is 19.8 Å². The average molecular weight is 529 g/mol. The van der Waals surface area contributed by atoms with Gasteiger partial charge in [-0.2, -0.15) is 0 Å². The van der Waals surface area contributed by atoms with Crippen LogP contribution in [0.15, 0.2) is 64.6 Å². The Morgan fingerprint density at radius 2 is 1.61 bits per heavy atom. The topological polar surface area (TPSA) is 108 Å². The number of rotatable bonds is 11. The maximum Gasteiger partial charge on any atom is 0.253 e. The standard InChI is InChI=1S/C25H32N6O3S2/c1-6-36(33,34)20-11-12-22(35-5)21(15-20)29-24-16-23(26-17-27-24)28-19-9-7-18(8-10-19)25(32)31(4)14-13-30(2)3/h7-12,15-17H,6,13-14H2,1-5H3,(H2,26,27,28,29). The van der Waals surface area contributed by atoms with Gasteiger partial charge in [-0.1, -0.05) is 6.92 Å². The van der Waals surface area contributed by atoms with E-state index in [1.165, 1.54) is 18.1 Å². The van der Waals surface area contributed by atoms with Crippen molar-refractivity contribution in [3.63, 3.8) is 0 Å². The minimum atomic E-state index is -3.33. The van der Waals surface area contributed by atoms with E-state index >= 15 is 0 Å². The van der Waals surface area contributed by atoms with E-state index in [4.69, 9.17) is 0 Å². The first-order valence-corrected chi connectivity index (χ1v) is 14.3. The molecule has 0 fully saturated rings. The van der Waals surface area contributed by atoms with Gasteiger partial charge >= 0.3 is 0 Å². The molecule has 1 aromatic heterocycles. The maximum atomic E-state index is 12.6.